The van der Waals surface area contributed by atoms with Crippen molar-refractivity contribution in [1.82, 2.24) is 15.5 Å². The van der Waals surface area contributed by atoms with Crippen molar-refractivity contribution in [2.45, 2.75) is 39.0 Å². The molecular formula is C11H19N3O. The quantitative estimate of drug-likeness (QED) is 0.692. The maximum absolute atomic E-state index is 5.56. The summed E-state index contributed by atoms with van der Waals surface area (Å²) in [6, 6.07) is 0. The molecule has 0 bridgehead atoms. The van der Waals surface area contributed by atoms with Crippen LogP contribution in [0.3, 0.4) is 0 Å². The maximum Gasteiger partial charge on any atom is 0.216 e. The molecule has 1 aliphatic rings. The van der Waals surface area contributed by atoms with Crippen LogP contribution in [0.15, 0.2) is 4.42 Å². The van der Waals surface area contributed by atoms with Gasteiger partial charge in [0.2, 0.25) is 11.8 Å². The van der Waals surface area contributed by atoms with Gasteiger partial charge in [-0.25, -0.2) is 0 Å². The van der Waals surface area contributed by atoms with E-state index in [1.807, 2.05) is 0 Å². The van der Waals surface area contributed by atoms with E-state index in [1.54, 1.807) is 0 Å². The minimum atomic E-state index is 0.795. The van der Waals surface area contributed by atoms with Crippen LogP contribution < -0.4 is 5.32 Å². The first-order chi connectivity index (χ1) is 7.38. The maximum atomic E-state index is 5.56. The normalized spacial score (nSPS) is 15.8. The SMILES string of the molecule is CCNCCCc1nnc(CC2CC2)o1. The lowest BCUT2D eigenvalue weighted by Crippen LogP contribution is -2.14. The van der Waals surface area contributed by atoms with E-state index in [0.717, 1.165) is 50.1 Å². The van der Waals surface area contributed by atoms with Gasteiger partial charge in [0.05, 0.1) is 0 Å². The summed E-state index contributed by atoms with van der Waals surface area (Å²) in [7, 11) is 0. The number of hydrogen-bond acceptors (Lipinski definition) is 4. The van der Waals surface area contributed by atoms with Crippen molar-refractivity contribution in [2.75, 3.05) is 13.1 Å². The average Bonchev–Trinajstić information content (AvgIpc) is 2.93. The molecule has 1 saturated carbocycles. The molecule has 0 spiro atoms. The molecule has 1 fully saturated rings. The van der Waals surface area contributed by atoms with Crippen LogP contribution in [0.25, 0.3) is 0 Å². The van der Waals surface area contributed by atoms with Gasteiger partial charge >= 0.3 is 0 Å². The summed E-state index contributed by atoms with van der Waals surface area (Å²) in [4.78, 5) is 0. The summed E-state index contributed by atoms with van der Waals surface area (Å²) in [5.41, 5.74) is 0. The number of rotatable bonds is 7. The molecule has 0 aromatic carbocycles. The second-order valence-corrected chi connectivity index (χ2v) is 4.19. The lowest BCUT2D eigenvalue weighted by molar-refractivity contribution is 0.435. The fourth-order valence-corrected chi connectivity index (χ4v) is 1.58. The van der Waals surface area contributed by atoms with Crippen LogP contribution in [0.5, 0.6) is 0 Å². The lowest BCUT2D eigenvalue weighted by Gasteiger charge is -1.97. The Balaban J connectivity index is 1.69. The molecular weight excluding hydrogens is 190 g/mol. The number of nitrogens with one attached hydrogen (secondary N) is 1. The highest BCUT2D eigenvalue weighted by Gasteiger charge is 2.24. The second kappa shape index (κ2) is 5.26. The molecule has 0 atom stereocenters. The van der Waals surface area contributed by atoms with E-state index >= 15 is 0 Å². The van der Waals surface area contributed by atoms with E-state index in [-0.39, 0.29) is 0 Å². The first-order valence-corrected chi connectivity index (χ1v) is 5.90. The van der Waals surface area contributed by atoms with Crippen LogP contribution in [0, 0.1) is 5.92 Å². The van der Waals surface area contributed by atoms with E-state index in [2.05, 4.69) is 22.4 Å². The molecule has 4 heteroatoms. The molecule has 4 nitrogen and oxygen atoms in total. The van der Waals surface area contributed by atoms with Crippen LogP contribution in [0.4, 0.5) is 0 Å². The van der Waals surface area contributed by atoms with Crippen LogP contribution in [0.2, 0.25) is 0 Å². The minimum Gasteiger partial charge on any atom is -0.425 e. The van der Waals surface area contributed by atoms with Gasteiger partial charge in [-0.3, -0.25) is 0 Å². The smallest absolute Gasteiger partial charge is 0.216 e. The van der Waals surface area contributed by atoms with Crippen molar-refractivity contribution in [3.8, 4) is 0 Å². The molecule has 0 amide bonds. The Bertz CT molecular complexity index is 294. The van der Waals surface area contributed by atoms with E-state index < -0.39 is 0 Å². The van der Waals surface area contributed by atoms with E-state index in [1.165, 1.54) is 12.8 Å². The topological polar surface area (TPSA) is 51.0 Å². The zero-order chi connectivity index (χ0) is 10.5. The summed E-state index contributed by atoms with van der Waals surface area (Å²) in [6.07, 6.45) is 5.61. The van der Waals surface area contributed by atoms with Gasteiger partial charge in [-0.05, 0) is 38.3 Å². The van der Waals surface area contributed by atoms with Gasteiger partial charge in [-0.2, -0.15) is 0 Å². The first-order valence-electron chi connectivity index (χ1n) is 5.90. The predicted octanol–water partition coefficient (Wildman–Crippen LogP) is 1.56. The Labute approximate surface area is 90.5 Å². The predicted molar refractivity (Wildman–Crippen MR) is 57.6 cm³/mol. The van der Waals surface area contributed by atoms with Crippen LogP contribution in [0.1, 0.15) is 38.0 Å². The zero-order valence-electron chi connectivity index (χ0n) is 9.33. The van der Waals surface area contributed by atoms with Crippen LogP contribution >= 0.6 is 0 Å². The van der Waals surface area contributed by atoms with Crippen molar-refractivity contribution in [2.24, 2.45) is 5.92 Å². The van der Waals surface area contributed by atoms with Crippen molar-refractivity contribution < 1.29 is 4.42 Å². The average molecular weight is 209 g/mol. The van der Waals surface area contributed by atoms with Gasteiger partial charge in [0.1, 0.15) is 0 Å². The molecule has 1 aliphatic carbocycles. The summed E-state index contributed by atoms with van der Waals surface area (Å²) in [5, 5.41) is 11.4. The molecule has 1 aromatic rings. The van der Waals surface area contributed by atoms with Gasteiger partial charge < -0.3 is 9.73 Å². The van der Waals surface area contributed by atoms with Gasteiger partial charge in [0.25, 0.3) is 0 Å². The zero-order valence-corrected chi connectivity index (χ0v) is 9.33. The van der Waals surface area contributed by atoms with E-state index in [9.17, 15) is 0 Å². The Morgan fingerprint density at radius 3 is 2.87 bits per heavy atom. The highest BCUT2D eigenvalue weighted by atomic mass is 16.4. The molecule has 1 N–H and O–H groups in total. The fourth-order valence-electron chi connectivity index (χ4n) is 1.58. The number of nitrogens with zero attached hydrogens (tertiary/aromatic N) is 2. The minimum absolute atomic E-state index is 0.795. The highest BCUT2D eigenvalue weighted by Crippen LogP contribution is 2.32. The number of aromatic nitrogens is 2. The van der Waals surface area contributed by atoms with Gasteiger partial charge in [-0.15, -0.1) is 10.2 Å². The van der Waals surface area contributed by atoms with Crippen molar-refractivity contribution in [1.29, 1.82) is 0 Å². The number of hydrogen-bond donors (Lipinski definition) is 1. The largest absolute Gasteiger partial charge is 0.425 e. The van der Waals surface area contributed by atoms with E-state index in [4.69, 9.17) is 4.42 Å². The molecule has 15 heavy (non-hydrogen) atoms. The standard InChI is InChI=1S/C11H19N3O/c1-2-12-7-3-4-10-13-14-11(15-10)8-9-5-6-9/h9,12H,2-8H2,1H3. The summed E-state index contributed by atoms with van der Waals surface area (Å²) < 4.78 is 5.56. The van der Waals surface area contributed by atoms with Crippen molar-refractivity contribution >= 4 is 0 Å². The Morgan fingerprint density at radius 1 is 1.33 bits per heavy atom. The third kappa shape index (κ3) is 3.63. The Kier molecular flexibility index (Phi) is 3.72. The van der Waals surface area contributed by atoms with Crippen LogP contribution in [-0.4, -0.2) is 23.3 Å². The van der Waals surface area contributed by atoms with Crippen molar-refractivity contribution in [3.05, 3.63) is 11.8 Å². The molecule has 1 aromatic heterocycles. The molecule has 2 rings (SSSR count). The van der Waals surface area contributed by atoms with Crippen molar-refractivity contribution in [3.63, 3.8) is 0 Å². The molecule has 1 heterocycles. The van der Waals surface area contributed by atoms with E-state index in [0.29, 0.717) is 0 Å². The molecule has 0 saturated heterocycles. The van der Waals surface area contributed by atoms with Gasteiger partial charge in [0.15, 0.2) is 0 Å². The molecule has 0 radical (unpaired) electrons. The summed E-state index contributed by atoms with van der Waals surface area (Å²) in [5.74, 6) is 2.44. The molecule has 0 aliphatic heterocycles. The molecule has 84 valence electrons. The second-order valence-electron chi connectivity index (χ2n) is 4.19. The third-order valence-corrected chi connectivity index (χ3v) is 2.66. The third-order valence-electron chi connectivity index (χ3n) is 2.66. The van der Waals surface area contributed by atoms with Gasteiger partial charge in [0, 0.05) is 12.8 Å². The van der Waals surface area contributed by atoms with Crippen LogP contribution in [-0.2, 0) is 12.8 Å². The fraction of sp³-hybridized carbons (Fsp3) is 0.818. The Morgan fingerprint density at radius 2 is 2.13 bits per heavy atom. The first kappa shape index (κ1) is 10.6. The lowest BCUT2D eigenvalue weighted by atomic mass is 10.3. The summed E-state index contributed by atoms with van der Waals surface area (Å²) in [6.45, 7) is 4.16. The monoisotopic (exact) mass is 209 g/mol. The van der Waals surface area contributed by atoms with Gasteiger partial charge in [-0.1, -0.05) is 6.92 Å². The summed E-state index contributed by atoms with van der Waals surface area (Å²) >= 11 is 0. The molecule has 0 unspecified atom stereocenters. The Hall–Kier alpha value is -0.900. The highest BCUT2D eigenvalue weighted by molar-refractivity contribution is 4.88. The number of aryl methyl sites for hydroxylation is 1.